The molecule has 0 aromatic heterocycles. The second-order valence-corrected chi connectivity index (χ2v) is 7.05. The van der Waals surface area contributed by atoms with Crippen molar-refractivity contribution in [1.82, 2.24) is 4.31 Å². The number of sulfonamides is 1. The topological polar surface area (TPSA) is 98.5 Å². The van der Waals surface area contributed by atoms with Crippen molar-refractivity contribution in [2.75, 3.05) is 6.54 Å². The highest BCUT2D eigenvalue weighted by molar-refractivity contribution is 9.10. The molecule has 1 fully saturated rings. The molecule has 1 aromatic rings. The number of carboxylic acid groups (broad SMARTS) is 1. The maximum atomic E-state index is 12.6. The van der Waals surface area contributed by atoms with Crippen LogP contribution < -0.4 is 0 Å². The third-order valence-electron chi connectivity index (χ3n) is 3.16. The van der Waals surface area contributed by atoms with Gasteiger partial charge in [-0.25, -0.2) is 8.42 Å². The van der Waals surface area contributed by atoms with Crippen molar-refractivity contribution in [3.63, 3.8) is 0 Å². The van der Waals surface area contributed by atoms with Crippen molar-refractivity contribution in [2.24, 2.45) is 0 Å². The number of benzene rings is 1. The fourth-order valence-electron chi connectivity index (χ4n) is 2.23. The molecule has 1 heterocycles. The van der Waals surface area contributed by atoms with Gasteiger partial charge in [-0.2, -0.15) is 9.57 Å². The van der Waals surface area contributed by atoms with E-state index in [9.17, 15) is 13.2 Å². The van der Waals surface area contributed by atoms with E-state index < -0.39 is 22.0 Å². The Bertz CT molecular complexity index is 696. The van der Waals surface area contributed by atoms with E-state index in [0.29, 0.717) is 10.9 Å². The third kappa shape index (κ3) is 2.44. The first-order chi connectivity index (χ1) is 9.39. The molecule has 1 atom stereocenters. The van der Waals surface area contributed by atoms with Crippen molar-refractivity contribution in [3.05, 3.63) is 28.2 Å². The van der Waals surface area contributed by atoms with Crippen molar-refractivity contribution in [1.29, 1.82) is 5.26 Å². The lowest BCUT2D eigenvalue weighted by atomic mass is 10.2. The van der Waals surface area contributed by atoms with Crippen LogP contribution in [0.3, 0.4) is 0 Å². The molecular weight excluding hydrogens is 348 g/mol. The van der Waals surface area contributed by atoms with Gasteiger partial charge >= 0.3 is 5.97 Å². The maximum Gasteiger partial charge on any atom is 0.322 e. The number of nitriles is 1. The zero-order valence-corrected chi connectivity index (χ0v) is 12.7. The van der Waals surface area contributed by atoms with Crippen molar-refractivity contribution in [2.45, 2.75) is 23.8 Å². The zero-order chi connectivity index (χ0) is 14.9. The summed E-state index contributed by atoms with van der Waals surface area (Å²) in [4.78, 5) is 11.0. The minimum atomic E-state index is -4.00. The lowest BCUT2D eigenvalue weighted by Crippen LogP contribution is -2.40. The Morgan fingerprint density at radius 1 is 1.50 bits per heavy atom. The molecule has 0 aliphatic carbocycles. The molecule has 1 aromatic carbocycles. The van der Waals surface area contributed by atoms with Crippen LogP contribution in [0.25, 0.3) is 0 Å². The fraction of sp³-hybridized carbons (Fsp3) is 0.333. The number of halogens is 1. The summed E-state index contributed by atoms with van der Waals surface area (Å²) in [5.41, 5.74) is -0.0106. The first-order valence-corrected chi connectivity index (χ1v) is 8.06. The maximum absolute atomic E-state index is 12.6. The monoisotopic (exact) mass is 358 g/mol. The van der Waals surface area contributed by atoms with E-state index in [4.69, 9.17) is 10.4 Å². The Labute approximate surface area is 124 Å². The van der Waals surface area contributed by atoms with Crippen LogP contribution >= 0.6 is 15.9 Å². The summed E-state index contributed by atoms with van der Waals surface area (Å²) in [6.45, 7) is 0.149. The van der Waals surface area contributed by atoms with E-state index in [1.165, 1.54) is 12.1 Å². The molecule has 6 nitrogen and oxygen atoms in total. The molecule has 8 heteroatoms. The van der Waals surface area contributed by atoms with E-state index >= 15 is 0 Å². The molecule has 1 saturated heterocycles. The second-order valence-electron chi connectivity index (χ2n) is 4.34. The minimum Gasteiger partial charge on any atom is -0.480 e. The van der Waals surface area contributed by atoms with Gasteiger partial charge in [0, 0.05) is 11.0 Å². The quantitative estimate of drug-likeness (QED) is 0.883. The van der Waals surface area contributed by atoms with Crippen LogP contribution in [0.4, 0.5) is 0 Å². The lowest BCUT2D eigenvalue weighted by Gasteiger charge is -2.21. The summed E-state index contributed by atoms with van der Waals surface area (Å²) in [5, 5.41) is 18.2. The Morgan fingerprint density at radius 3 is 2.80 bits per heavy atom. The summed E-state index contributed by atoms with van der Waals surface area (Å²) in [6.07, 6.45) is 0.774. The zero-order valence-electron chi connectivity index (χ0n) is 10.3. The lowest BCUT2D eigenvalue weighted by molar-refractivity contribution is -0.140. The molecule has 1 N–H and O–H groups in total. The van der Waals surface area contributed by atoms with Crippen LogP contribution in [0, 0.1) is 11.3 Å². The molecule has 0 saturated carbocycles. The van der Waals surface area contributed by atoms with Crippen LogP contribution in [0.5, 0.6) is 0 Å². The van der Waals surface area contributed by atoms with Gasteiger partial charge in [0.05, 0.1) is 5.56 Å². The predicted octanol–water partition coefficient (Wildman–Crippen LogP) is 1.56. The summed E-state index contributed by atoms with van der Waals surface area (Å²) >= 11 is 3.13. The smallest absolute Gasteiger partial charge is 0.322 e. The van der Waals surface area contributed by atoms with Gasteiger partial charge in [-0.1, -0.05) is 6.07 Å². The van der Waals surface area contributed by atoms with Gasteiger partial charge in [0.15, 0.2) is 0 Å². The minimum absolute atomic E-state index is 0.0106. The van der Waals surface area contributed by atoms with Gasteiger partial charge in [-0.3, -0.25) is 4.79 Å². The van der Waals surface area contributed by atoms with Crippen LogP contribution in [0.15, 0.2) is 27.6 Å². The second kappa shape index (κ2) is 5.52. The van der Waals surface area contributed by atoms with Gasteiger partial charge < -0.3 is 5.11 Å². The summed E-state index contributed by atoms with van der Waals surface area (Å²) in [5.74, 6) is -1.17. The molecule has 20 heavy (non-hydrogen) atoms. The van der Waals surface area contributed by atoms with E-state index in [0.717, 1.165) is 4.31 Å². The largest absolute Gasteiger partial charge is 0.480 e. The Hall–Kier alpha value is -1.43. The highest BCUT2D eigenvalue weighted by Gasteiger charge is 2.40. The van der Waals surface area contributed by atoms with Crippen molar-refractivity contribution in [3.8, 4) is 6.07 Å². The fourth-order valence-corrected chi connectivity index (χ4v) is 4.63. The van der Waals surface area contributed by atoms with Gasteiger partial charge in [0.2, 0.25) is 10.0 Å². The molecular formula is C12H11BrN2O4S. The number of aliphatic carboxylic acids is 1. The van der Waals surface area contributed by atoms with E-state index in [1.54, 1.807) is 6.07 Å². The average molecular weight is 359 g/mol. The predicted molar refractivity (Wildman–Crippen MR) is 73.4 cm³/mol. The number of carbonyl (C=O) groups is 1. The molecule has 1 aliphatic heterocycles. The average Bonchev–Trinajstić information content (AvgIpc) is 2.88. The Morgan fingerprint density at radius 2 is 2.20 bits per heavy atom. The van der Waals surface area contributed by atoms with Crippen LogP contribution in [-0.2, 0) is 14.8 Å². The highest BCUT2D eigenvalue weighted by atomic mass is 79.9. The van der Waals surface area contributed by atoms with Crippen LogP contribution in [0.1, 0.15) is 18.4 Å². The van der Waals surface area contributed by atoms with Gasteiger partial charge in [0.1, 0.15) is 17.0 Å². The molecule has 1 unspecified atom stereocenters. The Balaban J connectivity index is 2.54. The molecule has 1 aliphatic rings. The number of rotatable bonds is 3. The van der Waals surface area contributed by atoms with Crippen molar-refractivity contribution < 1.29 is 18.3 Å². The van der Waals surface area contributed by atoms with Gasteiger partial charge in [0.25, 0.3) is 0 Å². The molecule has 106 valence electrons. The van der Waals surface area contributed by atoms with Crippen molar-refractivity contribution >= 4 is 31.9 Å². The Kier molecular flexibility index (Phi) is 4.13. The van der Waals surface area contributed by atoms with E-state index in [1.807, 2.05) is 6.07 Å². The normalized spacial score (nSPS) is 19.7. The number of carboxylic acids is 1. The van der Waals surface area contributed by atoms with Gasteiger partial charge in [-0.05, 0) is 40.9 Å². The number of hydrogen-bond acceptors (Lipinski definition) is 4. The third-order valence-corrected chi connectivity index (χ3v) is 5.77. The summed E-state index contributed by atoms with van der Waals surface area (Å²) in [6, 6.07) is 5.16. The van der Waals surface area contributed by atoms with Crippen LogP contribution in [0.2, 0.25) is 0 Å². The van der Waals surface area contributed by atoms with Crippen LogP contribution in [-0.4, -0.2) is 36.4 Å². The van der Waals surface area contributed by atoms with E-state index in [-0.39, 0.29) is 23.4 Å². The first-order valence-electron chi connectivity index (χ1n) is 5.83. The van der Waals surface area contributed by atoms with E-state index in [2.05, 4.69) is 15.9 Å². The number of nitrogens with zero attached hydrogens (tertiary/aromatic N) is 2. The summed E-state index contributed by atoms with van der Waals surface area (Å²) in [7, 11) is -4.00. The highest BCUT2D eigenvalue weighted by Crippen LogP contribution is 2.30. The molecule has 0 bridgehead atoms. The molecule has 0 amide bonds. The molecule has 0 radical (unpaired) electrons. The first kappa shape index (κ1) is 15.0. The summed E-state index contributed by atoms with van der Waals surface area (Å²) < 4.78 is 26.5. The molecule has 2 rings (SSSR count). The van der Waals surface area contributed by atoms with Gasteiger partial charge in [-0.15, -0.1) is 0 Å². The number of hydrogen-bond donors (Lipinski definition) is 1. The molecule has 0 spiro atoms. The standard InChI is InChI=1S/C12H11BrN2O4S/c13-9-3-1-5-11(8(9)7-14)20(18,19)15-6-2-4-10(15)12(16)17/h1,3,5,10H,2,4,6H2,(H,16,17). The SMILES string of the molecule is N#Cc1c(Br)cccc1S(=O)(=O)N1CCCC1C(=O)O.